The van der Waals surface area contributed by atoms with Gasteiger partial charge in [-0.05, 0) is 29.8 Å². The first-order chi connectivity index (χ1) is 7.72. The molecule has 0 bridgehead atoms. The number of hydrogen-bond acceptors (Lipinski definition) is 1. The summed E-state index contributed by atoms with van der Waals surface area (Å²) < 4.78 is 18.6. The van der Waals surface area contributed by atoms with Crippen molar-refractivity contribution in [3.05, 3.63) is 53.3 Å². The van der Waals surface area contributed by atoms with E-state index in [9.17, 15) is 4.39 Å². The molecule has 0 heterocycles. The molecule has 0 saturated heterocycles. The molecule has 0 aromatic heterocycles. The minimum Gasteiger partial charge on any atom is -0.497 e. The van der Waals surface area contributed by atoms with E-state index in [4.69, 9.17) is 16.3 Å². The summed E-state index contributed by atoms with van der Waals surface area (Å²) in [5.41, 5.74) is 1.16. The second-order valence-electron chi connectivity index (χ2n) is 3.33. The van der Waals surface area contributed by atoms with Gasteiger partial charge in [0.2, 0.25) is 0 Å². The topological polar surface area (TPSA) is 9.23 Å². The summed E-state index contributed by atoms with van der Waals surface area (Å²) in [5, 5.41) is 0.408. The molecular weight excluding hydrogens is 227 g/mol. The number of halogens is 2. The van der Waals surface area contributed by atoms with Crippen LogP contribution < -0.4 is 4.74 Å². The standard InChI is InChI=1S/C13H10ClFO/c1-16-10-7-5-9(6-8-10)13-11(14)3-2-4-12(13)15/h2-8H,1H3. The van der Waals surface area contributed by atoms with E-state index in [-0.39, 0.29) is 5.82 Å². The van der Waals surface area contributed by atoms with E-state index < -0.39 is 0 Å². The van der Waals surface area contributed by atoms with Gasteiger partial charge in [-0.2, -0.15) is 0 Å². The fourth-order valence-electron chi connectivity index (χ4n) is 1.53. The second kappa shape index (κ2) is 4.54. The monoisotopic (exact) mass is 236 g/mol. The Morgan fingerprint density at radius 1 is 1.06 bits per heavy atom. The van der Waals surface area contributed by atoms with E-state index in [0.29, 0.717) is 10.6 Å². The lowest BCUT2D eigenvalue weighted by molar-refractivity contribution is 0.415. The molecule has 0 saturated carbocycles. The number of ether oxygens (including phenoxy) is 1. The summed E-state index contributed by atoms with van der Waals surface area (Å²) in [6, 6.07) is 11.8. The third-order valence-corrected chi connectivity index (χ3v) is 2.66. The van der Waals surface area contributed by atoms with Crippen molar-refractivity contribution < 1.29 is 9.13 Å². The molecule has 0 spiro atoms. The molecule has 0 aliphatic carbocycles. The van der Waals surface area contributed by atoms with Crippen LogP contribution in [0.1, 0.15) is 0 Å². The van der Waals surface area contributed by atoms with Crippen molar-refractivity contribution in [3.63, 3.8) is 0 Å². The van der Waals surface area contributed by atoms with Crippen LogP contribution in [0.4, 0.5) is 4.39 Å². The highest BCUT2D eigenvalue weighted by Gasteiger charge is 2.08. The Morgan fingerprint density at radius 3 is 2.31 bits per heavy atom. The quantitative estimate of drug-likeness (QED) is 0.761. The van der Waals surface area contributed by atoms with Gasteiger partial charge in [0.15, 0.2) is 0 Å². The van der Waals surface area contributed by atoms with Crippen molar-refractivity contribution in [2.24, 2.45) is 0 Å². The second-order valence-corrected chi connectivity index (χ2v) is 3.73. The molecule has 0 unspecified atom stereocenters. The Balaban J connectivity index is 2.50. The normalized spacial score (nSPS) is 10.2. The first kappa shape index (κ1) is 11.0. The van der Waals surface area contributed by atoms with E-state index in [2.05, 4.69) is 0 Å². The van der Waals surface area contributed by atoms with E-state index in [1.807, 2.05) is 0 Å². The maximum atomic E-state index is 13.6. The molecule has 82 valence electrons. The lowest BCUT2D eigenvalue weighted by atomic mass is 10.1. The molecule has 0 aliphatic rings. The lowest BCUT2D eigenvalue weighted by Gasteiger charge is -2.06. The molecule has 2 aromatic carbocycles. The highest BCUT2D eigenvalue weighted by Crippen LogP contribution is 2.31. The molecule has 0 fully saturated rings. The molecule has 0 N–H and O–H groups in total. The fourth-order valence-corrected chi connectivity index (χ4v) is 1.80. The molecule has 0 amide bonds. The Bertz CT molecular complexity index is 474. The van der Waals surface area contributed by atoms with Crippen LogP contribution in [-0.2, 0) is 0 Å². The van der Waals surface area contributed by atoms with Gasteiger partial charge < -0.3 is 4.74 Å². The van der Waals surface area contributed by atoms with Gasteiger partial charge in [-0.25, -0.2) is 4.39 Å². The van der Waals surface area contributed by atoms with Gasteiger partial charge in [0.1, 0.15) is 11.6 Å². The van der Waals surface area contributed by atoms with Crippen LogP contribution >= 0.6 is 11.6 Å². The third kappa shape index (κ3) is 2.02. The van der Waals surface area contributed by atoms with Crippen LogP contribution in [0.15, 0.2) is 42.5 Å². The molecule has 3 heteroatoms. The number of benzene rings is 2. The molecule has 1 nitrogen and oxygen atoms in total. The van der Waals surface area contributed by atoms with Gasteiger partial charge >= 0.3 is 0 Å². The summed E-state index contributed by atoms with van der Waals surface area (Å²) in [5.74, 6) is 0.411. The van der Waals surface area contributed by atoms with Crippen molar-refractivity contribution in [3.8, 4) is 16.9 Å². The van der Waals surface area contributed by atoms with E-state index in [1.165, 1.54) is 6.07 Å². The SMILES string of the molecule is COc1ccc(-c2c(F)cccc2Cl)cc1. The van der Waals surface area contributed by atoms with Crippen LogP contribution in [0.3, 0.4) is 0 Å². The zero-order valence-electron chi connectivity index (χ0n) is 8.71. The molecule has 2 rings (SSSR count). The summed E-state index contributed by atoms with van der Waals surface area (Å²) >= 11 is 5.97. The predicted octanol–water partition coefficient (Wildman–Crippen LogP) is 4.15. The van der Waals surface area contributed by atoms with Gasteiger partial charge in [0.05, 0.1) is 12.1 Å². The Morgan fingerprint density at radius 2 is 1.75 bits per heavy atom. The molecule has 0 atom stereocenters. The maximum Gasteiger partial charge on any atom is 0.132 e. The van der Waals surface area contributed by atoms with Crippen LogP contribution in [-0.4, -0.2) is 7.11 Å². The Hall–Kier alpha value is -1.54. The van der Waals surface area contributed by atoms with E-state index in [1.54, 1.807) is 43.5 Å². The zero-order chi connectivity index (χ0) is 11.5. The minimum absolute atomic E-state index is 0.322. The average Bonchev–Trinajstić information content (AvgIpc) is 2.30. The Labute approximate surface area is 98.4 Å². The highest BCUT2D eigenvalue weighted by molar-refractivity contribution is 6.33. The van der Waals surface area contributed by atoms with Crippen LogP contribution in [0, 0.1) is 5.82 Å². The number of methoxy groups -OCH3 is 1. The molecule has 0 aliphatic heterocycles. The van der Waals surface area contributed by atoms with Gasteiger partial charge in [-0.3, -0.25) is 0 Å². The molecular formula is C13H10ClFO. The summed E-state index contributed by atoms with van der Waals surface area (Å²) in [4.78, 5) is 0. The van der Waals surface area contributed by atoms with E-state index >= 15 is 0 Å². The van der Waals surface area contributed by atoms with Crippen LogP contribution in [0.25, 0.3) is 11.1 Å². The van der Waals surface area contributed by atoms with Crippen molar-refractivity contribution >= 4 is 11.6 Å². The minimum atomic E-state index is -0.322. The van der Waals surface area contributed by atoms with Gasteiger partial charge in [-0.1, -0.05) is 29.8 Å². The first-order valence-corrected chi connectivity index (χ1v) is 5.18. The first-order valence-electron chi connectivity index (χ1n) is 4.81. The van der Waals surface area contributed by atoms with E-state index in [0.717, 1.165) is 11.3 Å². The third-order valence-electron chi connectivity index (χ3n) is 2.34. The number of hydrogen-bond donors (Lipinski definition) is 0. The van der Waals surface area contributed by atoms with Crippen molar-refractivity contribution in [1.29, 1.82) is 0 Å². The lowest BCUT2D eigenvalue weighted by Crippen LogP contribution is -1.87. The Kier molecular flexibility index (Phi) is 3.11. The molecule has 16 heavy (non-hydrogen) atoms. The van der Waals surface area contributed by atoms with Gasteiger partial charge in [0, 0.05) is 5.56 Å². The zero-order valence-corrected chi connectivity index (χ0v) is 9.46. The molecule has 2 aromatic rings. The maximum absolute atomic E-state index is 13.6. The van der Waals surface area contributed by atoms with Crippen LogP contribution in [0.5, 0.6) is 5.75 Å². The summed E-state index contributed by atoms with van der Waals surface area (Å²) in [7, 11) is 1.59. The van der Waals surface area contributed by atoms with Crippen LogP contribution in [0.2, 0.25) is 5.02 Å². The predicted molar refractivity (Wildman–Crippen MR) is 63.4 cm³/mol. The van der Waals surface area contributed by atoms with Crippen molar-refractivity contribution in [1.82, 2.24) is 0 Å². The largest absolute Gasteiger partial charge is 0.497 e. The summed E-state index contributed by atoms with van der Waals surface area (Å²) in [6.07, 6.45) is 0. The average molecular weight is 237 g/mol. The number of rotatable bonds is 2. The molecule has 0 radical (unpaired) electrons. The van der Waals surface area contributed by atoms with Gasteiger partial charge in [0.25, 0.3) is 0 Å². The summed E-state index contributed by atoms with van der Waals surface area (Å²) in [6.45, 7) is 0. The smallest absolute Gasteiger partial charge is 0.132 e. The van der Waals surface area contributed by atoms with Crippen molar-refractivity contribution in [2.75, 3.05) is 7.11 Å². The van der Waals surface area contributed by atoms with Gasteiger partial charge in [-0.15, -0.1) is 0 Å². The fraction of sp³-hybridized carbons (Fsp3) is 0.0769. The highest BCUT2D eigenvalue weighted by atomic mass is 35.5. The van der Waals surface area contributed by atoms with Crippen molar-refractivity contribution in [2.45, 2.75) is 0 Å².